The lowest BCUT2D eigenvalue weighted by atomic mass is 10.1. The molecule has 2 fully saturated rings. The lowest BCUT2D eigenvalue weighted by molar-refractivity contribution is 0.0695. The predicted octanol–water partition coefficient (Wildman–Crippen LogP) is 2.68. The van der Waals surface area contributed by atoms with E-state index in [1.807, 2.05) is 0 Å². The number of pyridine rings is 1. The van der Waals surface area contributed by atoms with Crippen LogP contribution in [-0.4, -0.2) is 54.5 Å². The van der Waals surface area contributed by atoms with Crippen molar-refractivity contribution in [3.05, 3.63) is 70.3 Å². The molecule has 0 unspecified atom stereocenters. The molecule has 8 nitrogen and oxygen atoms in total. The molecule has 33 heavy (non-hydrogen) atoms. The van der Waals surface area contributed by atoms with Crippen LogP contribution < -0.4 is 10.3 Å². The maximum atomic E-state index is 15.1. The first-order chi connectivity index (χ1) is 15.8. The molecule has 1 saturated carbocycles. The van der Waals surface area contributed by atoms with Gasteiger partial charge in [0, 0.05) is 43.8 Å². The number of anilines is 1. The average molecular weight is 472 g/mol. The highest BCUT2D eigenvalue weighted by molar-refractivity contribution is 7.89. The zero-order valence-corrected chi connectivity index (χ0v) is 18.5. The van der Waals surface area contributed by atoms with E-state index in [-0.39, 0.29) is 53.8 Å². The van der Waals surface area contributed by atoms with E-state index < -0.39 is 27.2 Å². The Bertz CT molecular complexity index is 1410. The smallest absolute Gasteiger partial charge is 0.341 e. The van der Waals surface area contributed by atoms with Gasteiger partial charge in [-0.15, -0.1) is 0 Å². The summed E-state index contributed by atoms with van der Waals surface area (Å²) in [5.41, 5.74) is -0.320. The Hall–Kier alpha value is -3.24. The van der Waals surface area contributed by atoms with Gasteiger partial charge >= 0.3 is 5.97 Å². The van der Waals surface area contributed by atoms with E-state index in [0.717, 1.165) is 18.9 Å². The largest absolute Gasteiger partial charge is 0.477 e. The van der Waals surface area contributed by atoms with Gasteiger partial charge in [-0.25, -0.2) is 17.6 Å². The van der Waals surface area contributed by atoms with Crippen LogP contribution in [0.4, 0.5) is 10.1 Å². The molecule has 2 aliphatic rings. The fourth-order valence-electron chi connectivity index (χ4n) is 4.32. The Kier molecular flexibility index (Phi) is 5.21. The zero-order chi connectivity index (χ0) is 23.3. The molecule has 1 aliphatic carbocycles. The van der Waals surface area contributed by atoms with Gasteiger partial charge in [-0.2, -0.15) is 4.31 Å². The molecule has 2 heterocycles. The number of aromatic nitrogens is 1. The molecule has 10 heteroatoms. The highest BCUT2D eigenvalue weighted by atomic mass is 32.2. The summed E-state index contributed by atoms with van der Waals surface area (Å²) in [6, 6.07) is 11.0. The summed E-state index contributed by atoms with van der Waals surface area (Å²) in [7, 11) is -3.63. The van der Waals surface area contributed by atoms with Crippen LogP contribution in [0.25, 0.3) is 10.9 Å². The van der Waals surface area contributed by atoms with E-state index in [0.29, 0.717) is 5.52 Å². The maximum absolute atomic E-state index is 15.1. The standard InChI is InChI=1S/C23H22FN3O5S/c24-19-12-17-20(27(15-6-7-15)14-18(22(17)28)23(29)30)13-21(19)25-8-10-26(11-9-25)33(31,32)16-4-2-1-3-5-16/h1-5,12-15H,6-11H2,(H,29,30). The summed E-state index contributed by atoms with van der Waals surface area (Å²) in [6.07, 6.45) is 3.07. The summed E-state index contributed by atoms with van der Waals surface area (Å²) in [5, 5.41) is 9.42. The first-order valence-electron chi connectivity index (χ1n) is 10.7. The maximum Gasteiger partial charge on any atom is 0.341 e. The molecule has 1 aromatic heterocycles. The van der Waals surface area contributed by atoms with Crippen molar-refractivity contribution >= 4 is 32.6 Å². The number of carboxylic acid groups (broad SMARTS) is 1. The van der Waals surface area contributed by atoms with Crippen molar-refractivity contribution in [3.8, 4) is 0 Å². The van der Waals surface area contributed by atoms with Gasteiger partial charge in [0.05, 0.1) is 16.1 Å². The van der Waals surface area contributed by atoms with Crippen LogP contribution in [0.2, 0.25) is 0 Å². The molecule has 172 valence electrons. The Balaban J connectivity index is 1.47. The van der Waals surface area contributed by atoms with Crippen molar-refractivity contribution in [2.45, 2.75) is 23.8 Å². The van der Waals surface area contributed by atoms with E-state index in [9.17, 15) is 23.1 Å². The van der Waals surface area contributed by atoms with E-state index in [1.54, 1.807) is 45.9 Å². The summed E-state index contributed by atoms with van der Waals surface area (Å²) in [5.74, 6) is -1.97. The number of fused-ring (bicyclic) bond motifs is 1. The van der Waals surface area contributed by atoms with Gasteiger partial charge in [0.1, 0.15) is 11.4 Å². The lowest BCUT2D eigenvalue weighted by Gasteiger charge is -2.35. The fourth-order valence-corrected chi connectivity index (χ4v) is 5.76. The topological polar surface area (TPSA) is 99.9 Å². The van der Waals surface area contributed by atoms with E-state index in [1.165, 1.54) is 10.5 Å². The van der Waals surface area contributed by atoms with Crippen molar-refractivity contribution in [1.82, 2.24) is 8.87 Å². The third-order valence-electron chi connectivity index (χ3n) is 6.23. The summed E-state index contributed by atoms with van der Waals surface area (Å²) in [6.45, 7) is 0.967. The Labute approximate surface area is 189 Å². The number of carbonyl (C=O) groups is 1. The van der Waals surface area contributed by atoms with Gasteiger partial charge in [0.2, 0.25) is 15.5 Å². The number of nitrogens with zero attached hydrogens (tertiary/aromatic N) is 3. The molecule has 3 aromatic rings. The van der Waals surface area contributed by atoms with Crippen LogP contribution in [0.3, 0.4) is 0 Å². The number of sulfonamides is 1. The fraction of sp³-hybridized carbons (Fsp3) is 0.304. The van der Waals surface area contributed by atoms with Gasteiger partial charge in [0.15, 0.2) is 0 Å². The normalized spacial score (nSPS) is 17.4. The summed E-state index contributed by atoms with van der Waals surface area (Å²) in [4.78, 5) is 26.1. The first kappa shape index (κ1) is 21.6. The molecular weight excluding hydrogens is 449 g/mol. The average Bonchev–Trinajstić information content (AvgIpc) is 3.65. The summed E-state index contributed by atoms with van der Waals surface area (Å²) >= 11 is 0. The first-order valence-corrected chi connectivity index (χ1v) is 12.1. The van der Waals surface area contributed by atoms with Crippen LogP contribution in [-0.2, 0) is 10.0 Å². The van der Waals surface area contributed by atoms with E-state index in [2.05, 4.69) is 0 Å². The quantitative estimate of drug-likeness (QED) is 0.614. The number of halogens is 1. The van der Waals surface area contributed by atoms with Gasteiger partial charge in [0.25, 0.3) is 0 Å². The van der Waals surface area contributed by atoms with Crippen LogP contribution in [0.15, 0.2) is 58.4 Å². The van der Waals surface area contributed by atoms with Gasteiger partial charge < -0.3 is 14.6 Å². The number of piperazine rings is 1. The molecule has 0 amide bonds. The SMILES string of the molecule is O=C(O)c1cn(C2CC2)c2cc(N3CCN(S(=O)(=O)c4ccccc4)CC3)c(F)cc2c1=O. The lowest BCUT2D eigenvalue weighted by Crippen LogP contribution is -2.48. The minimum Gasteiger partial charge on any atom is -0.477 e. The van der Waals surface area contributed by atoms with Gasteiger partial charge in [-0.1, -0.05) is 18.2 Å². The van der Waals surface area contributed by atoms with E-state index in [4.69, 9.17) is 0 Å². The van der Waals surface area contributed by atoms with Gasteiger partial charge in [-0.05, 0) is 37.1 Å². The van der Waals surface area contributed by atoms with Crippen LogP contribution in [0.1, 0.15) is 29.2 Å². The Morgan fingerprint density at radius 3 is 2.30 bits per heavy atom. The minimum absolute atomic E-state index is 0.0355. The third kappa shape index (κ3) is 3.79. The third-order valence-corrected chi connectivity index (χ3v) is 8.14. The molecule has 0 radical (unpaired) electrons. The van der Waals surface area contributed by atoms with Crippen LogP contribution in [0, 0.1) is 5.82 Å². The highest BCUT2D eigenvalue weighted by Gasteiger charge is 2.31. The molecular formula is C23H22FN3O5S. The summed E-state index contributed by atoms with van der Waals surface area (Å²) < 4.78 is 44.0. The molecule has 0 atom stereocenters. The minimum atomic E-state index is -3.63. The monoisotopic (exact) mass is 471 g/mol. The number of carboxylic acids is 1. The second-order valence-corrected chi connectivity index (χ2v) is 10.3. The van der Waals surface area contributed by atoms with Crippen LogP contribution in [0.5, 0.6) is 0 Å². The number of benzene rings is 2. The number of hydrogen-bond acceptors (Lipinski definition) is 5. The highest BCUT2D eigenvalue weighted by Crippen LogP contribution is 2.38. The molecule has 5 rings (SSSR count). The van der Waals surface area contributed by atoms with E-state index >= 15 is 4.39 Å². The van der Waals surface area contributed by atoms with Crippen molar-refractivity contribution in [3.63, 3.8) is 0 Å². The predicted molar refractivity (Wildman–Crippen MR) is 121 cm³/mol. The zero-order valence-electron chi connectivity index (χ0n) is 17.6. The molecule has 1 N–H and O–H groups in total. The number of aromatic carboxylic acids is 1. The molecule has 0 spiro atoms. The molecule has 2 aromatic carbocycles. The van der Waals surface area contributed by atoms with Crippen molar-refractivity contribution in [1.29, 1.82) is 0 Å². The number of hydrogen-bond donors (Lipinski definition) is 1. The second-order valence-electron chi connectivity index (χ2n) is 8.34. The second kappa shape index (κ2) is 7.96. The molecule has 1 saturated heterocycles. The van der Waals surface area contributed by atoms with Gasteiger partial charge in [-0.3, -0.25) is 4.79 Å². The molecule has 1 aliphatic heterocycles. The van der Waals surface area contributed by atoms with Crippen molar-refractivity contribution in [2.24, 2.45) is 0 Å². The van der Waals surface area contributed by atoms with Crippen molar-refractivity contribution < 1.29 is 22.7 Å². The Morgan fingerprint density at radius 1 is 1.03 bits per heavy atom. The number of rotatable bonds is 5. The van der Waals surface area contributed by atoms with Crippen LogP contribution >= 0.6 is 0 Å². The van der Waals surface area contributed by atoms with Crippen molar-refractivity contribution in [2.75, 3.05) is 31.1 Å². The Morgan fingerprint density at radius 2 is 1.70 bits per heavy atom. The molecule has 0 bridgehead atoms.